The second-order valence-corrected chi connectivity index (χ2v) is 7.46. The zero-order chi connectivity index (χ0) is 18.6. The fourth-order valence-electron chi connectivity index (χ4n) is 3.82. The molecule has 27 heavy (non-hydrogen) atoms. The van der Waals surface area contributed by atoms with Crippen LogP contribution in [0.3, 0.4) is 0 Å². The third-order valence-corrected chi connectivity index (χ3v) is 5.37. The van der Waals surface area contributed by atoms with Crippen LogP contribution < -0.4 is 5.32 Å². The van der Waals surface area contributed by atoms with Gasteiger partial charge < -0.3 is 19.5 Å². The zero-order valence-electron chi connectivity index (χ0n) is 15.7. The van der Waals surface area contributed by atoms with Gasteiger partial charge in [-0.05, 0) is 50.3 Å². The van der Waals surface area contributed by atoms with Crippen molar-refractivity contribution in [3.8, 4) is 0 Å². The summed E-state index contributed by atoms with van der Waals surface area (Å²) in [7, 11) is 0. The topological polar surface area (TPSA) is 80.5 Å². The number of aromatic nitrogens is 2. The molecule has 1 aromatic carbocycles. The van der Waals surface area contributed by atoms with Gasteiger partial charge in [-0.1, -0.05) is 17.3 Å². The first-order chi connectivity index (χ1) is 13.2. The van der Waals surface area contributed by atoms with Crippen LogP contribution in [0.5, 0.6) is 0 Å². The molecule has 0 spiro atoms. The van der Waals surface area contributed by atoms with Gasteiger partial charge in [0.1, 0.15) is 0 Å². The summed E-state index contributed by atoms with van der Waals surface area (Å²) in [5.74, 6) is 1.86. The van der Waals surface area contributed by atoms with Crippen LogP contribution >= 0.6 is 0 Å². The van der Waals surface area contributed by atoms with Gasteiger partial charge in [-0.15, -0.1) is 0 Å². The second kappa shape index (κ2) is 8.08. The molecule has 0 aliphatic carbocycles. The van der Waals surface area contributed by atoms with Crippen LogP contribution in [0.25, 0.3) is 0 Å². The summed E-state index contributed by atoms with van der Waals surface area (Å²) in [6, 6.07) is 7.76. The van der Waals surface area contributed by atoms with Crippen molar-refractivity contribution in [2.45, 2.75) is 44.4 Å². The quantitative estimate of drug-likeness (QED) is 0.891. The Bertz CT molecular complexity index is 785. The first-order valence-corrected chi connectivity index (χ1v) is 9.73. The molecule has 2 amide bonds. The van der Waals surface area contributed by atoms with Crippen LogP contribution in [0.1, 0.15) is 54.8 Å². The summed E-state index contributed by atoms with van der Waals surface area (Å²) in [6.45, 7) is 4.87. The van der Waals surface area contributed by atoms with Gasteiger partial charge in [0, 0.05) is 37.9 Å². The molecule has 7 heteroatoms. The molecule has 1 unspecified atom stereocenters. The number of anilines is 1. The number of ether oxygens (including phenoxy) is 1. The number of hydrogen-bond donors (Lipinski definition) is 1. The number of benzene rings is 1. The Morgan fingerprint density at radius 1 is 1.22 bits per heavy atom. The lowest BCUT2D eigenvalue weighted by Crippen LogP contribution is -2.41. The average Bonchev–Trinajstić information content (AvgIpc) is 3.19. The fraction of sp³-hybridized carbons (Fsp3) is 0.550. The minimum Gasteiger partial charge on any atom is -0.381 e. The van der Waals surface area contributed by atoms with E-state index < -0.39 is 0 Å². The van der Waals surface area contributed by atoms with Gasteiger partial charge in [-0.3, -0.25) is 0 Å². The van der Waals surface area contributed by atoms with Crippen molar-refractivity contribution in [2.24, 2.45) is 0 Å². The van der Waals surface area contributed by atoms with Crippen molar-refractivity contribution >= 4 is 11.7 Å². The molecule has 3 heterocycles. The SMILES string of the molecule is Cc1cccc(NC(=O)N2CCCC(c3nc(C4CCOCC4)no3)C2)c1. The van der Waals surface area contributed by atoms with Gasteiger partial charge in [0.25, 0.3) is 0 Å². The van der Waals surface area contributed by atoms with Crippen LogP contribution in [-0.2, 0) is 4.74 Å². The van der Waals surface area contributed by atoms with Crippen molar-refractivity contribution in [1.29, 1.82) is 0 Å². The number of piperidine rings is 1. The highest BCUT2D eigenvalue weighted by Crippen LogP contribution is 2.29. The van der Waals surface area contributed by atoms with Crippen molar-refractivity contribution in [3.63, 3.8) is 0 Å². The number of amides is 2. The highest BCUT2D eigenvalue weighted by atomic mass is 16.5. The van der Waals surface area contributed by atoms with Crippen LogP contribution in [0.2, 0.25) is 0 Å². The predicted octanol–water partition coefficient (Wildman–Crippen LogP) is 3.68. The third-order valence-electron chi connectivity index (χ3n) is 5.37. The van der Waals surface area contributed by atoms with Crippen LogP contribution in [0, 0.1) is 6.92 Å². The van der Waals surface area contributed by atoms with Crippen molar-refractivity contribution in [2.75, 3.05) is 31.6 Å². The summed E-state index contributed by atoms with van der Waals surface area (Å²) in [6.07, 6.45) is 3.77. The maximum absolute atomic E-state index is 12.6. The minimum absolute atomic E-state index is 0.0746. The van der Waals surface area contributed by atoms with Gasteiger partial charge >= 0.3 is 6.03 Å². The molecule has 2 fully saturated rings. The number of carbonyl (C=O) groups excluding carboxylic acids is 1. The number of carbonyl (C=O) groups is 1. The Kier molecular flexibility index (Phi) is 5.38. The Balaban J connectivity index is 1.39. The summed E-state index contributed by atoms with van der Waals surface area (Å²) in [4.78, 5) is 19.1. The number of urea groups is 1. The number of likely N-dealkylation sites (tertiary alicyclic amines) is 1. The first-order valence-electron chi connectivity index (χ1n) is 9.73. The van der Waals surface area contributed by atoms with E-state index >= 15 is 0 Å². The maximum Gasteiger partial charge on any atom is 0.321 e. The van der Waals surface area contributed by atoms with Crippen molar-refractivity contribution in [1.82, 2.24) is 15.0 Å². The van der Waals surface area contributed by atoms with Gasteiger partial charge in [0.2, 0.25) is 5.89 Å². The van der Waals surface area contributed by atoms with E-state index in [-0.39, 0.29) is 11.9 Å². The van der Waals surface area contributed by atoms with Gasteiger partial charge in [-0.2, -0.15) is 4.98 Å². The third kappa shape index (κ3) is 4.30. The van der Waals surface area contributed by atoms with Crippen LogP contribution in [-0.4, -0.2) is 47.4 Å². The van der Waals surface area contributed by atoms with Gasteiger partial charge in [0.05, 0.1) is 5.92 Å². The largest absolute Gasteiger partial charge is 0.381 e. The summed E-state index contributed by atoms with van der Waals surface area (Å²) < 4.78 is 11.0. The molecule has 7 nitrogen and oxygen atoms in total. The lowest BCUT2D eigenvalue weighted by atomic mass is 9.97. The molecule has 1 aromatic heterocycles. The van der Waals surface area contributed by atoms with Crippen molar-refractivity contribution in [3.05, 3.63) is 41.5 Å². The minimum atomic E-state index is -0.0746. The van der Waals surface area contributed by atoms with E-state index in [1.807, 2.05) is 36.1 Å². The molecular formula is C20H26N4O3. The molecule has 0 bridgehead atoms. The van der Waals surface area contributed by atoms with Gasteiger partial charge in [-0.25, -0.2) is 4.79 Å². The average molecular weight is 370 g/mol. The monoisotopic (exact) mass is 370 g/mol. The van der Waals surface area contributed by atoms with Gasteiger partial charge in [0.15, 0.2) is 5.82 Å². The van der Waals surface area contributed by atoms with Crippen LogP contribution in [0.15, 0.2) is 28.8 Å². The van der Waals surface area contributed by atoms with Crippen molar-refractivity contribution < 1.29 is 14.1 Å². The van der Waals surface area contributed by atoms with E-state index in [4.69, 9.17) is 9.26 Å². The summed E-state index contributed by atoms with van der Waals surface area (Å²) in [5.41, 5.74) is 1.94. The molecule has 4 rings (SSSR count). The molecule has 2 aromatic rings. The highest BCUT2D eigenvalue weighted by molar-refractivity contribution is 5.89. The summed E-state index contributed by atoms with van der Waals surface area (Å²) in [5, 5.41) is 7.19. The normalized spacial score (nSPS) is 21.2. The molecular weight excluding hydrogens is 344 g/mol. The van der Waals surface area contributed by atoms with E-state index in [9.17, 15) is 4.79 Å². The molecule has 144 valence electrons. The predicted molar refractivity (Wildman–Crippen MR) is 101 cm³/mol. The number of nitrogens with one attached hydrogen (secondary N) is 1. The zero-order valence-corrected chi connectivity index (χ0v) is 15.7. The lowest BCUT2D eigenvalue weighted by Gasteiger charge is -2.31. The molecule has 1 atom stereocenters. The van der Waals surface area contributed by atoms with E-state index in [2.05, 4.69) is 15.5 Å². The standard InChI is InChI=1S/C20H26N4O3/c1-14-4-2-6-17(12-14)21-20(25)24-9-3-5-16(13-24)19-22-18(23-27-19)15-7-10-26-11-8-15/h2,4,6,12,15-16H,3,5,7-11,13H2,1H3,(H,21,25). The summed E-state index contributed by atoms with van der Waals surface area (Å²) >= 11 is 0. The number of rotatable bonds is 3. The highest BCUT2D eigenvalue weighted by Gasteiger charge is 2.30. The second-order valence-electron chi connectivity index (χ2n) is 7.46. The van der Waals surface area contributed by atoms with E-state index in [0.717, 1.165) is 62.5 Å². The Morgan fingerprint density at radius 3 is 2.89 bits per heavy atom. The maximum atomic E-state index is 12.6. The number of hydrogen-bond acceptors (Lipinski definition) is 5. The number of aryl methyl sites for hydroxylation is 1. The molecule has 2 aliphatic heterocycles. The molecule has 1 N–H and O–H groups in total. The molecule has 2 aliphatic rings. The lowest BCUT2D eigenvalue weighted by molar-refractivity contribution is 0.0830. The Morgan fingerprint density at radius 2 is 2.07 bits per heavy atom. The number of nitrogens with zero attached hydrogens (tertiary/aromatic N) is 3. The first kappa shape index (κ1) is 18.0. The molecule has 2 saturated heterocycles. The molecule has 0 radical (unpaired) electrons. The smallest absolute Gasteiger partial charge is 0.321 e. The fourth-order valence-corrected chi connectivity index (χ4v) is 3.82. The van der Waals surface area contributed by atoms with E-state index in [1.165, 1.54) is 0 Å². The Labute approximate surface area is 159 Å². The Hall–Kier alpha value is -2.41. The van der Waals surface area contributed by atoms with Crippen LogP contribution in [0.4, 0.5) is 10.5 Å². The van der Waals surface area contributed by atoms with E-state index in [1.54, 1.807) is 0 Å². The van der Waals surface area contributed by atoms with E-state index in [0.29, 0.717) is 18.4 Å². The molecule has 0 saturated carbocycles.